The van der Waals surface area contributed by atoms with Gasteiger partial charge in [0, 0.05) is 31.0 Å². The Balaban J connectivity index is 1.38. The van der Waals surface area contributed by atoms with Crippen LogP contribution in [0, 0.1) is 0 Å². The van der Waals surface area contributed by atoms with E-state index in [0.717, 1.165) is 18.8 Å². The summed E-state index contributed by atoms with van der Waals surface area (Å²) in [4.78, 5) is 15.5. The summed E-state index contributed by atoms with van der Waals surface area (Å²) in [6.45, 7) is 2.96. The van der Waals surface area contributed by atoms with Gasteiger partial charge in [0.1, 0.15) is 13.2 Å². The molecular weight excluding hydrogens is 392 g/mol. The molecule has 2 aliphatic heterocycles. The Labute approximate surface area is 170 Å². The summed E-state index contributed by atoms with van der Waals surface area (Å²) < 4.78 is 27.9. The minimum absolute atomic E-state index is 0.386. The van der Waals surface area contributed by atoms with Crippen molar-refractivity contribution in [3.8, 4) is 11.5 Å². The molecule has 8 nitrogen and oxygen atoms in total. The molecule has 4 heterocycles. The molecule has 150 valence electrons. The first-order valence-corrected chi connectivity index (χ1v) is 10.7. The van der Waals surface area contributed by atoms with Crippen molar-refractivity contribution >= 4 is 28.1 Å². The highest BCUT2D eigenvalue weighted by molar-refractivity contribution is 7.83. The molecule has 1 aromatic carbocycles. The van der Waals surface area contributed by atoms with Gasteiger partial charge in [0.15, 0.2) is 22.5 Å². The highest BCUT2D eigenvalue weighted by Gasteiger charge is 2.20. The van der Waals surface area contributed by atoms with E-state index in [1.807, 2.05) is 18.3 Å². The fourth-order valence-corrected chi connectivity index (χ4v) is 4.46. The van der Waals surface area contributed by atoms with Crippen LogP contribution in [0.25, 0.3) is 5.52 Å². The second-order valence-corrected chi connectivity index (χ2v) is 8.19. The first-order chi connectivity index (χ1) is 14.2. The number of amides is 1. The van der Waals surface area contributed by atoms with Crippen molar-refractivity contribution in [2.75, 3.05) is 31.2 Å². The van der Waals surface area contributed by atoms with E-state index >= 15 is 0 Å². The Morgan fingerprint density at radius 3 is 2.69 bits per heavy atom. The summed E-state index contributed by atoms with van der Waals surface area (Å²) in [6.07, 6.45) is 5.69. The number of pyridine rings is 1. The van der Waals surface area contributed by atoms with Gasteiger partial charge < -0.3 is 14.4 Å². The van der Waals surface area contributed by atoms with Crippen LogP contribution in [0.15, 0.2) is 47.6 Å². The molecule has 9 heteroatoms. The molecule has 1 saturated heterocycles. The summed E-state index contributed by atoms with van der Waals surface area (Å²) in [5.74, 6) is 0.703. The number of fused-ring (bicyclic) bond motifs is 2. The molecular formula is C20H20N4O4S. The number of carbonyl (C=O) groups excluding carboxylic acids is 1. The van der Waals surface area contributed by atoms with E-state index in [0.29, 0.717) is 40.7 Å². The van der Waals surface area contributed by atoms with Crippen molar-refractivity contribution in [2.45, 2.75) is 17.7 Å². The topological polar surface area (TPSA) is 85.2 Å². The summed E-state index contributed by atoms with van der Waals surface area (Å²) >= 11 is 0. The Kier molecular flexibility index (Phi) is 4.59. The smallest absolute Gasteiger partial charge is 0.267 e. The van der Waals surface area contributed by atoms with Crippen LogP contribution < -0.4 is 19.1 Å². The number of ether oxygens (including phenoxy) is 2. The SMILES string of the molecule is O=C(NS(=O)c1ccc2c(c1)OCCO2)c1cnn2ccc(N3CCCC3)cc12. The molecule has 0 aliphatic carbocycles. The Bertz CT molecular complexity index is 1110. The standard InChI is InChI=1S/C20H20N4O4S/c25-20(22-29(26)15-3-4-18-19(12-15)28-10-9-27-18)16-13-21-24-8-5-14(11-17(16)24)23-6-1-2-7-23/h3-5,8,11-13H,1-2,6-7,9-10H2,(H,22,25). The lowest BCUT2D eigenvalue weighted by Gasteiger charge is -2.18. The largest absolute Gasteiger partial charge is 0.486 e. The molecule has 3 aromatic rings. The van der Waals surface area contributed by atoms with E-state index in [1.165, 1.54) is 19.0 Å². The highest BCUT2D eigenvalue weighted by atomic mass is 32.2. The van der Waals surface area contributed by atoms with E-state index in [9.17, 15) is 9.00 Å². The predicted octanol–water partition coefficient (Wildman–Crippen LogP) is 2.16. The number of benzene rings is 1. The van der Waals surface area contributed by atoms with E-state index in [2.05, 4.69) is 14.7 Å². The zero-order valence-electron chi connectivity index (χ0n) is 15.7. The van der Waals surface area contributed by atoms with Crippen molar-refractivity contribution in [2.24, 2.45) is 0 Å². The third kappa shape index (κ3) is 3.42. The molecule has 0 radical (unpaired) electrons. The van der Waals surface area contributed by atoms with E-state index in [4.69, 9.17) is 9.47 Å². The van der Waals surface area contributed by atoms with Crippen LogP contribution in [0.3, 0.4) is 0 Å². The van der Waals surface area contributed by atoms with Gasteiger partial charge in [-0.05, 0) is 37.1 Å². The van der Waals surface area contributed by atoms with Crippen molar-refractivity contribution in [3.05, 3.63) is 48.3 Å². The van der Waals surface area contributed by atoms with Gasteiger partial charge in [0.2, 0.25) is 0 Å². The van der Waals surface area contributed by atoms with Gasteiger partial charge in [0.25, 0.3) is 5.91 Å². The fraction of sp³-hybridized carbons (Fsp3) is 0.300. The average Bonchev–Trinajstić information content (AvgIpc) is 3.43. The summed E-state index contributed by atoms with van der Waals surface area (Å²) in [5.41, 5.74) is 2.14. The Hall–Kier alpha value is -3.07. The molecule has 1 unspecified atom stereocenters. The lowest BCUT2D eigenvalue weighted by molar-refractivity contribution is 0.0984. The lowest BCUT2D eigenvalue weighted by atomic mass is 10.2. The summed E-state index contributed by atoms with van der Waals surface area (Å²) in [5, 5.41) is 4.25. The van der Waals surface area contributed by atoms with Crippen LogP contribution in [0.1, 0.15) is 23.2 Å². The zero-order chi connectivity index (χ0) is 19.8. The van der Waals surface area contributed by atoms with Gasteiger partial charge in [-0.15, -0.1) is 0 Å². The zero-order valence-corrected chi connectivity index (χ0v) is 16.5. The molecule has 29 heavy (non-hydrogen) atoms. The number of hydrogen-bond acceptors (Lipinski definition) is 6. The van der Waals surface area contributed by atoms with E-state index in [1.54, 1.807) is 22.7 Å². The van der Waals surface area contributed by atoms with E-state index in [-0.39, 0.29) is 0 Å². The van der Waals surface area contributed by atoms with Crippen molar-refractivity contribution in [3.63, 3.8) is 0 Å². The van der Waals surface area contributed by atoms with Crippen molar-refractivity contribution < 1.29 is 18.5 Å². The number of nitrogens with zero attached hydrogens (tertiary/aromatic N) is 3. The lowest BCUT2D eigenvalue weighted by Crippen LogP contribution is -2.26. The van der Waals surface area contributed by atoms with Gasteiger partial charge in [-0.25, -0.2) is 8.72 Å². The van der Waals surface area contributed by atoms with Crippen molar-refractivity contribution in [1.82, 2.24) is 14.3 Å². The van der Waals surface area contributed by atoms with E-state index < -0.39 is 16.9 Å². The molecule has 2 aliphatic rings. The number of carbonyl (C=O) groups is 1. The second kappa shape index (κ2) is 7.40. The maximum absolute atomic E-state index is 12.8. The summed E-state index contributed by atoms with van der Waals surface area (Å²) in [6, 6.07) is 8.95. The Morgan fingerprint density at radius 2 is 1.86 bits per heavy atom. The van der Waals surface area contributed by atoms with Crippen LogP contribution in [-0.2, 0) is 11.0 Å². The molecule has 2 aromatic heterocycles. The molecule has 1 atom stereocenters. The monoisotopic (exact) mass is 412 g/mol. The molecule has 0 spiro atoms. The number of aromatic nitrogens is 2. The molecule has 1 amide bonds. The quantitative estimate of drug-likeness (QED) is 0.707. The summed E-state index contributed by atoms with van der Waals surface area (Å²) in [7, 11) is -1.73. The number of nitrogens with one attached hydrogen (secondary N) is 1. The molecule has 0 saturated carbocycles. The fourth-order valence-electron chi connectivity index (χ4n) is 3.65. The normalized spacial score (nSPS) is 16.8. The molecule has 1 fully saturated rings. The molecule has 0 bridgehead atoms. The predicted molar refractivity (Wildman–Crippen MR) is 108 cm³/mol. The van der Waals surface area contributed by atoms with Crippen LogP contribution >= 0.6 is 0 Å². The number of anilines is 1. The van der Waals surface area contributed by atoms with Gasteiger partial charge >= 0.3 is 0 Å². The first kappa shape index (κ1) is 18.0. The molecule has 5 rings (SSSR count). The number of rotatable bonds is 4. The number of hydrogen-bond donors (Lipinski definition) is 1. The van der Waals surface area contributed by atoms with Gasteiger partial charge in [0.05, 0.1) is 22.2 Å². The third-order valence-electron chi connectivity index (χ3n) is 5.13. The van der Waals surface area contributed by atoms with Gasteiger partial charge in [-0.1, -0.05) is 0 Å². The first-order valence-electron chi connectivity index (χ1n) is 9.54. The van der Waals surface area contributed by atoms with Gasteiger partial charge in [-0.3, -0.25) is 9.52 Å². The third-order valence-corrected chi connectivity index (χ3v) is 6.19. The second-order valence-electron chi connectivity index (χ2n) is 6.97. The highest BCUT2D eigenvalue weighted by Crippen LogP contribution is 2.31. The van der Waals surface area contributed by atoms with Crippen LogP contribution in [0.2, 0.25) is 0 Å². The van der Waals surface area contributed by atoms with Crippen LogP contribution in [-0.4, -0.2) is 46.0 Å². The molecule has 1 N–H and O–H groups in total. The minimum atomic E-state index is -1.73. The maximum Gasteiger partial charge on any atom is 0.267 e. The van der Waals surface area contributed by atoms with Crippen LogP contribution in [0.4, 0.5) is 5.69 Å². The average molecular weight is 412 g/mol. The van der Waals surface area contributed by atoms with Gasteiger partial charge in [-0.2, -0.15) is 5.10 Å². The Morgan fingerprint density at radius 1 is 1.07 bits per heavy atom. The van der Waals surface area contributed by atoms with Crippen molar-refractivity contribution in [1.29, 1.82) is 0 Å². The maximum atomic E-state index is 12.8. The van der Waals surface area contributed by atoms with Crippen LogP contribution in [0.5, 0.6) is 11.5 Å². The minimum Gasteiger partial charge on any atom is -0.486 e.